The second-order valence-electron chi connectivity index (χ2n) is 10.3. The van der Waals surface area contributed by atoms with E-state index in [0.717, 1.165) is 48.1 Å². The summed E-state index contributed by atoms with van der Waals surface area (Å²) in [5.74, 6) is -2.68. The highest BCUT2D eigenvalue weighted by Crippen LogP contribution is 2.37. The summed E-state index contributed by atoms with van der Waals surface area (Å²) in [5, 5.41) is 12.5. The SMILES string of the molecule is O=C(CCN1C(=O)/C(=C/c2cc(-c3cc(Cl)ccc3Cl)ccc2OCCN2CCOCC2)SC1=S)Nc1ccc(C(=O)O)c(F)c1. The number of benzene rings is 3. The van der Waals surface area contributed by atoms with Gasteiger partial charge < -0.3 is 19.9 Å². The Hall–Kier alpha value is -3.52. The van der Waals surface area contributed by atoms with Crippen molar-refractivity contribution in [1.82, 2.24) is 9.80 Å². The Morgan fingerprint density at radius 2 is 1.87 bits per heavy atom. The summed E-state index contributed by atoms with van der Waals surface area (Å²) in [7, 11) is 0. The molecule has 0 atom stereocenters. The summed E-state index contributed by atoms with van der Waals surface area (Å²) in [5.41, 5.74) is 1.73. The highest BCUT2D eigenvalue weighted by atomic mass is 35.5. The number of morpholine rings is 1. The summed E-state index contributed by atoms with van der Waals surface area (Å²) >= 11 is 19.3. The number of thioether (sulfide) groups is 1. The molecule has 2 N–H and O–H groups in total. The number of nitrogens with one attached hydrogen (secondary N) is 1. The first-order valence-corrected chi connectivity index (χ1v) is 16.2. The first-order chi connectivity index (χ1) is 22.1. The number of carboxylic acids is 1. The smallest absolute Gasteiger partial charge is 0.338 e. The fraction of sp³-hybridized carbons (Fsp3) is 0.250. The minimum absolute atomic E-state index is 0.00933. The van der Waals surface area contributed by atoms with Crippen LogP contribution in [0, 0.1) is 5.82 Å². The summed E-state index contributed by atoms with van der Waals surface area (Å²) in [6, 6.07) is 14.0. The number of hydrogen-bond donors (Lipinski definition) is 2. The molecule has 14 heteroatoms. The van der Waals surface area contributed by atoms with Crippen LogP contribution in [-0.2, 0) is 14.3 Å². The van der Waals surface area contributed by atoms with Gasteiger partial charge in [-0.3, -0.25) is 19.4 Å². The van der Waals surface area contributed by atoms with E-state index in [1.807, 2.05) is 18.2 Å². The molecule has 2 saturated heterocycles. The third kappa shape index (κ3) is 8.44. The lowest BCUT2D eigenvalue weighted by Gasteiger charge is -2.26. The Bertz CT molecular complexity index is 1720. The number of amides is 2. The molecule has 3 aromatic rings. The second kappa shape index (κ2) is 15.4. The third-order valence-corrected chi connectivity index (χ3v) is 9.17. The van der Waals surface area contributed by atoms with Crippen molar-refractivity contribution in [2.24, 2.45) is 0 Å². The molecule has 0 unspecified atom stereocenters. The van der Waals surface area contributed by atoms with Gasteiger partial charge in [-0.05, 0) is 60.2 Å². The van der Waals surface area contributed by atoms with Crippen molar-refractivity contribution in [3.63, 3.8) is 0 Å². The van der Waals surface area contributed by atoms with Crippen LogP contribution in [0.15, 0.2) is 59.5 Å². The van der Waals surface area contributed by atoms with Crippen LogP contribution in [0.3, 0.4) is 0 Å². The molecule has 2 fully saturated rings. The molecule has 2 aliphatic heterocycles. The van der Waals surface area contributed by atoms with Crippen molar-refractivity contribution in [2.75, 3.05) is 51.3 Å². The lowest BCUT2D eigenvalue weighted by atomic mass is 10.0. The van der Waals surface area contributed by atoms with Gasteiger partial charge in [-0.2, -0.15) is 0 Å². The lowest BCUT2D eigenvalue weighted by molar-refractivity contribution is -0.122. The van der Waals surface area contributed by atoms with Crippen LogP contribution in [0.25, 0.3) is 17.2 Å². The number of aromatic carboxylic acids is 1. The van der Waals surface area contributed by atoms with Crippen LogP contribution < -0.4 is 10.1 Å². The molecule has 0 radical (unpaired) electrons. The zero-order valence-corrected chi connectivity index (χ0v) is 27.4. The lowest BCUT2D eigenvalue weighted by Crippen LogP contribution is -2.38. The molecule has 46 heavy (non-hydrogen) atoms. The summed E-state index contributed by atoms with van der Waals surface area (Å²) in [6.45, 7) is 4.16. The van der Waals surface area contributed by atoms with Crippen LogP contribution in [0.2, 0.25) is 10.0 Å². The predicted octanol–water partition coefficient (Wildman–Crippen LogP) is 6.44. The summed E-state index contributed by atoms with van der Waals surface area (Å²) < 4.78 is 25.9. The number of ether oxygens (including phenoxy) is 2. The number of thiocarbonyl (C=S) groups is 1. The van der Waals surface area contributed by atoms with Crippen LogP contribution in [0.1, 0.15) is 22.3 Å². The van der Waals surface area contributed by atoms with Gasteiger partial charge in [0, 0.05) is 59.5 Å². The van der Waals surface area contributed by atoms with Crippen molar-refractivity contribution in [3.8, 4) is 16.9 Å². The molecular formula is C32H28Cl2FN3O6S2. The van der Waals surface area contributed by atoms with Crippen LogP contribution in [-0.4, -0.2) is 83.0 Å². The largest absolute Gasteiger partial charge is 0.492 e. The zero-order valence-electron chi connectivity index (χ0n) is 24.3. The van der Waals surface area contributed by atoms with E-state index in [-0.39, 0.29) is 28.9 Å². The molecule has 2 aliphatic rings. The van der Waals surface area contributed by atoms with Gasteiger partial charge in [-0.15, -0.1) is 0 Å². The molecule has 240 valence electrons. The van der Waals surface area contributed by atoms with E-state index in [2.05, 4.69) is 10.2 Å². The Kier molecular flexibility index (Phi) is 11.3. The van der Waals surface area contributed by atoms with Gasteiger partial charge in [0.15, 0.2) is 0 Å². The van der Waals surface area contributed by atoms with Gasteiger partial charge >= 0.3 is 5.97 Å². The maximum atomic E-state index is 14.0. The fourth-order valence-electron chi connectivity index (χ4n) is 4.83. The Labute approximate surface area is 284 Å². The van der Waals surface area contributed by atoms with Gasteiger partial charge in [-0.25, -0.2) is 9.18 Å². The molecule has 0 spiro atoms. The van der Waals surface area contributed by atoms with Crippen LogP contribution in [0.5, 0.6) is 5.75 Å². The molecule has 5 rings (SSSR count). The van der Waals surface area contributed by atoms with E-state index in [0.29, 0.717) is 52.6 Å². The number of rotatable bonds is 11. The standard InChI is InChI=1S/C32H28Cl2FN3O6S2/c33-21-2-5-25(34)24(17-21)19-1-6-27(44-14-11-37-9-12-43-13-10-37)20(15-19)16-28-30(40)38(32(45)46-28)8-7-29(39)36-22-3-4-23(31(41)42)26(35)18-22/h1-6,15-18H,7-14H2,(H,36,39)(H,41,42)/b28-16-. The third-order valence-electron chi connectivity index (χ3n) is 7.22. The Morgan fingerprint density at radius 1 is 1.09 bits per heavy atom. The number of halogens is 3. The van der Waals surface area contributed by atoms with Crippen molar-refractivity contribution in [1.29, 1.82) is 0 Å². The molecule has 2 amide bonds. The van der Waals surface area contributed by atoms with Gasteiger partial charge in [0.25, 0.3) is 5.91 Å². The normalized spacial score (nSPS) is 16.2. The maximum absolute atomic E-state index is 14.0. The molecule has 0 saturated carbocycles. The van der Waals surface area contributed by atoms with Gasteiger partial charge in [0.1, 0.15) is 22.5 Å². The molecule has 0 aromatic heterocycles. The predicted molar refractivity (Wildman–Crippen MR) is 181 cm³/mol. The monoisotopic (exact) mass is 703 g/mol. The first kappa shape index (κ1) is 33.8. The summed E-state index contributed by atoms with van der Waals surface area (Å²) in [4.78, 5) is 41.0. The minimum atomic E-state index is -1.41. The van der Waals surface area contributed by atoms with E-state index in [4.69, 9.17) is 50.0 Å². The summed E-state index contributed by atoms with van der Waals surface area (Å²) in [6.07, 6.45) is 1.58. The van der Waals surface area contributed by atoms with Gasteiger partial charge in [0.05, 0.1) is 23.7 Å². The van der Waals surface area contributed by atoms with E-state index in [1.165, 1.54) is 11.0 Å². The number of hydrogen-bond acceptors (Lipinski definition) is 8. The average molecular weight is 705 g/mol. The van der Waals surface area contributed by atoms with Crippen molar-refractivity contribution in [2.45, 2.75) is 6.42 Å². The van der Waals surface area contributed by atoms with E-state index in [9.17, 15) is 18.8 Å². The fourth-order valence-corrected chi connectivity index (χ4v) is 6.52. The Morgan fingerprint density at radius 3 is 2.61 bits per heavy atom. The quantitative estimate of drug-likeness (QED) is 0.172. The van der Waals surface area contributed by atoms with E-state index < -0.39 is 23.3 Å². The minimum Gasteiger partial charge on any atom is -0.492 e. The van der Waals surface area contributed by atoms with E-state index >= 15 is 0 Å². The number of carbonyl (C=O) groups is 3. The number of carbonyl (C=O) groups excluding carboxylic acids is 2. The average Bonchev–Trinajstić information content (AvgIpc) is 3.29. The molecule has 0 aliphatic carbocycles. The maximum Gasteiger partial charge on any atom is 0.338 e. The highest BCUT2D eigenvalue weighted by molar-refractivity contribution is 8.26. The van der Waals surface area contributed by atoms with Crippen molar-refractivity contribution in [3.05, 3.63) is 86.5 Å². The molecule has 9 nitrogen and oxygen atoms in total. The number of anilines is 1. The Balaban J connectivity index is 1.31. The van der Waals surface area contributed by atoms with Crippen LogP contribution >= 0.6 is 47.2 Å². The second-order valence-corrected chi connectivity index (χ2v) is 12.8. The van der Waals surface area contributed by atoms with Crippen molar-refractivity contribution < 1.29 is 33.4 Å². The van der Waals surface area contributed by atoms with E-state index in [1.54, 1.807) is 24.3 Å². The molecule has 2 heterocycles. The van der Waals surface area contributed by atoms with Crippen LogP contribution in [0.4, 0.5) is 10.1 Å². The van der Waals surface area contributed by atoms with Gasteiger partial charge in [-0.1, -0.05) is 53.2 Å². The molecule has 0 bridgehead atoms. The zero-order chi connectivity index (χ0) is 32.8. The number of nitrogens with zero attached hydrogens (tertiary/aromatic N) is 2. The first-order valence-electron chi connectivity index (χ1n) is 14.2. The topological polar surface area (TPSA) is 108 Å². The highest BCUT2D eigenvalue weighted by Gasteiger charge is 2.32. The van der Waals surface area contributed by atoms with Crippen molar-refractivity contribution >= 4 is 81.0 Å². The molecular weight excluding hydrogens is 676 g/mol. The molecule has 3 aromatic carbocycles. The number of carboxylic acid groups (broad SMARTS) is 1. The van der Waals surface area contributed by atoms with Gasteiger partial charge in [0.2, 0.25) is 5.91 Å².